The first kappa shape index (κ1) is 8.87. The molecule has 0 aromatic carbocycles. The monoisotopic (exact) mass is 165 g/mol. The first-order valence-corrected chi connectivity index (χ1v) is 3.87. The zero-order valence-electron chi connectivity index (χ0n) is 6.34. The molecule has 4 heteroatoms. The Hall–Kier alpha value is -0.220. The number of hydrogen-bond acceptors (Lipinski definition) is 2. The van der Waals surface area contributed by atoms with Gasteiger partial charge in [-0.1, -0.05) is 0 Å². The smallest absolute Gasteiger partial charge is 0.251 e. The van der Waals surface area contributed by atoms with Crippen molar-refractivity contribution in [2.24, 2.45) is 0 Å². The maximum Gasteiger partial charge on any atom is 0.251 e. The maximum absolute atomic E-state index is 11.8. The fraction of sp³-hybridized carbons (Fsp3) is 1.00. The van der Waals surface area contributed by atoms with E-state index in [4.69, 9.17) is 5.11 Å². The number of nitrogens with zero attached hydrogens (tertiary/aromatic N) is 1. The van der Waals surface area contributed by atoms with E-state index < -0.39 is 12.5 Å². The van der Waals surface area contributed by atoms with Crippen molar-refractivity contribution in [3.8, 4) is 0 Å². The predicted molar refractivity (Wildman–Crippen MR) is 37.7 cm³/mol. The van der Waals surface area contributed by atoms with Crippen molar-refractivity contribution >= 4 is 0 Å². The van der Waals surface area contributed by atoms with E-state index in [1.165, 1.54) is 0 Å². The number of likely N-dealkylation sites (tertiary alicyclic amines) is 1. The average molecular weight is 165 g/mol. The van der Waals surface area contributed by atoms with E-state index in [-0.39, 0.29) is 6.54 Å². The molecule has 1 saturated heterocycles. The van der Waals surface area contributed by atoms with E-state index in [0.717, 1.165) is 12.8 Å². The van der Waals surface area contributed by atoms with Crippen LogP contribution in [0.25, 0.3) is 0 Å². The van der Waals surface area contributed by atoms with Gasteiger partial charge in [-0.3, -0.25) is 4.90 Å². The van der Waals surface area contributed by atoms with Gasteiger partial charge in [0.1, 0.15) is 0 Å². The second-order valence-corrected chi connectivity index (χ2v) is 2.95. The SMILES string of the molecule is O[C@H]1CCCN(CC(F)F)C1. The number of halogens is 2. The third kappa shape index (κ3) is 3.12. The van der Waals surface area contributed by atoms with Crippen LogP contribution in [0.15, 0.2) is 0 Å². The highest BCUT2D eigenvalue weighted by Gasteiger charge is 2.19. The van der Waals surface area contributed by atoms with Crippen LogP contribution in [-0.4, -0.2) is 42.2 Å². The van der Waals surface area contributed by atoms with Crippen molar-refractivity contribution in [3.05, 3.63) is 0 Å². The second-order valence-electron chi connectivity index (χ2n) is 2.95. The fourth-order valence-electron chi connectivity index (χ4n) is 1.39. The molecule has 0 spiro atoms. The Kier molecular flexibility index (Phi) is 3.20. The van der Waals surface area contributed by atoms with Crippen LogP contribution < -0.4 is 0 Å². The maximum atomic E-state index is 11.8. The van der Waals surface area contributed by atoms with Gasteiger partial charge in [-0.25, -0.2) is 8.78 Å². The van der Waals surface area contributed by atoms with E-state index >= 15 is 0 Å². The van der Waals surface area contributed by atoms with Crippen molar-refractivity contribution in [1.82, 2.24) is 4.90 Å². The van der Waals surface area contributed by atoms with Crippen LogP contribution in [0.5, 0.6) is 0 Å². The third-order valence-electron chi connectivity index (χ3n) is 1.88. The topological polar surface area (TPSA) is 23.5 Å². The summed E-state index contributed by atoms with van der Waals surface area (Å²) in [6, 6.07) is 0. The van der Waals surface area contributed by atoms with Gasteiger partial charge in [-0.05, 0) is 19.4 Å². The molecule has 0 bridgehead atoms. The highest BCUT2D eigenvalue weighted by atomic mass is 19.3. The van der Waals surface area contributed by atoms with Crippen LogP contribution in [0.2, 0.25) is 0 Å². The molecule has 66 valence electrons. The van der Waals surface area contributed by atoms with E-state index in [1.807, 2.05) is 0 Å². The average Bonchev–Trinajstić information content (AvgIpc) is 1.85. The molecular weight excluding hydrogens is 152 g/mol. The zero-order valence-corrected chi connectivity index (χ0v) is 6.34. The molecular formula is C7H13F2NO. The Morgan fingerprint density at radius 3 is 2.82 bits per heavy atom. The van der Waals surface area contributed by atoms with Crippen molar-refractivity contribution < 1.29 is 13.9 Å². The minimum absolute atomic E-state index is 0.197. The highest BCUT2D eigenvalue weighted by molar-refractivity contribution is 4.71. The summed E-state index contributed by atoms with van der Waals surface area (Å²) in [4.78, 5) is 1.61. The van der Waals surface area contributed by atoms with E-state index in [9.17, 15) is 8.78 Å². The van der Waals surface area contributed by atoms with Crippen LogP contribution in [-0.2, 0) is 0 Å². The van der Waals surface area contributed by atoms with Crippen LogP contribution >= 0.6 is 0 Å². The Morgan fingerprint density at radius 2 is 2.27 bits per heavy atom. The fourth-order valence-corrected chi connectivity index (χ4v) is 1.39. The number of aliphatic hydroxyl groups is 1. The van der Waals surface area contributed by atoms with Gasteiger partial charge in [0.15, 0.2) is 0 Å². The number of hydrogen-bond donors (Lipinski definition) is 1. The molecule has 1 atom stereocenters. The van der Waals surface area contributed by atoms with Crippen molar-refractivity contribution in [3.63, 3.8) is 0 Å². The molecule has 1 rings (SSSR count). The second kappa shape index (κ2) is 3.97. The summed E-state index contributed by atoms with van der Waals surface area (Å²) in [6.45, 7) is 0.906. The lowest BCUT2D eigenvalue weighted by Crippen LogP contribution is -2.40. The first-order chi connectivity index (χ1) is 5.18. The van der Waals surface area contributed by atoms with Gasteiger partial charge < -0.3 is 5.11 Å². The number of piperidine rings is 1. The van der Waals surface area contributed by atoms with Crippen molar-refractivity contribution in [2.45, 2.75) is 25.4 Å². The normalized spacial score (nSPS) is 27.8. The van der Waals surface area contributed by atoms with Gasteiger partial charge >= 0.3 is 0 Å². The van der Waals surface area contributed by atoms with Crippen molar-refractivity contribution in [1.29, 1.82) is 0 Å². The van der Waals surface area contributed by atoms with Gasteiger partial charge in [0.05, 0.1) is 12.6 Å². The zero-order chi connectivity index (χ0) is 8.27. The molecule has 0 unspecified atom stereocenters. The summed E-state index contributed by atoms with van der Waals surface area (Å²) in [5, 5.41) is 9.11. The summed E-state index contributed by atoms with van der Waals surface area (Å²) in [7, 11) is 0. The summed E-state index contributed by atoms with van der Waals surface area (Å²) >= 11 is 0. The van der Waals surface area contributed by atoms with Gasteiger partial charge in [0, 0.05) is 6.54 Å². The van der Waals surface area contributed by atoms with Crippen LogP contribution in [0.4, 0.5) is 8.78 Å². The molecule has 0 radical (unpaired) electrons. The first-order valence-electron chi connectivity index (χ1n) is 3.87. The van der Waals surface area contributed by atoms with Crippen molar-refractivity contribution in [2.75, 3.05) is 19.6 Å². The molecule has 0 aromatic rings. The van der Waals surface area contributed by atoms with Crippen LogP contribution in [0, 0.1) is 0 Å². The van der Waals surface area contributed by atoms with Gasteiger partial charge in [0.2, 0.25) is 0 Å². The van der Waals surface area contributed by atoms with Crippen LogP contribution in [0.3, 0.4) is 0 Å². The molecule has 0 aliphatic carbocycles. The Balaban J connectivity index is 2.23. The molecule has 11 heavy (non-hydrogen) atoms. The molecule has 1 N–H and O–H groups in total. The molecule has 1 heterocycles. The Labute approximate surface area is 64.8 Å². The predicted octanol–water partition coefficient (Wildman–Crippen LogP) is 0.708. The standard InChI is InChI=1S/C7H13F2NO/c8-7(9)5-10-3-1-2-6(11)4-10/h6-7,11H,1-5H2/t6-/m0/s1. The minimum Gasteiger partial charge on any atom is -0.392 e. The molecule has 1 aliphatic heterocycles. The Morgan fingerprint density at radius 1 is 1.55 bits per heavy atom. The quantitative estimate of drug-likeness (QED) is 0.651. The largest absolute Gasteiger partial charge is 0.392 e. The van der Waals surface area contributed by atoms with Gasteiger partial charge in [-0.2, -0.15) is 0 Å². The number of β-amino-alcohol motifs (C(OH)–C–C–N with tert-alkyl or cyclic N) is 1. The summed E-state index contributed by atoms with van der Waals surface area (Å²) in [5.41, 5.74) is 0. The lowest BCUT2D eigenvalue weighted by molar-refractivity contribution is 0.0290. The highest BCUT2D eigenvalue weighted by Crippen LogP contribution is 2.10. The van der Waals surface area contributed by atoms with E-state index in [2.05, 4.69) is 0 Å². The summed E-state index contributed by atoms with van der Waals surface area (Å²) in [5.74, 6) is 0. The third-order valence-corrected chi connectivity index (χ3v) is 1.88. The lowest BCUT2D eigenvalue weighted by Gasteiger charge is -2.29. The van der Waals surface area contributed by atoms with Crippen LogP contribution in [0.1, 0.15) is 12.8 Å². The molecule has 1 aliphatic rings. The molecule has 2 nitrogen and oxygen atoms in total. The number of rotatable bonds is 2. The lowest BCUT2D eigenvalue weighted by atomic mass is 10.1. The molecule has 0 saturated carbocycles. The minimum atomic E-state index is -2.28. The van der Waals surface area contributed by atoms with Gasteiger partial charge in [0.25, 0.3) is 6.43 Å². The Bertz CT molecular complexity index is 119. The molecule has 1 fully saturated rings. The van der Waals surface area contributed by atoms with Gasteiger partial charge in [-0.15, -0.1) is 0 Å². The van der Waals surface area contributed by atoms with E-state index in [1.54, 1.807) is 4.90 Å². The number of alkyl halides is 2. The molecule has 0 aromatic heterocycles. The summed E-state index contributed by atoms with van der Waals surface area (Å²) in [6.07, 6.45) is -1.10. The summed E-state index contributed by atoms with van der Waals surface area (Å²) < 4.78 is 23.6. The number of aliphatic hydroxyl groups excluding tert-OH is 1. The van der Waals surface area contributed by atoms with E-state index in [0.29, 0.717) is 13.1 Å². The molecule has 0 amide bonds.